The minimum atomic E-state index is 0.182. The number of nitrogens with zero attached hydrogens (tertiary/aromatic N) is 1. The number of carbonyl (C=O) groups is 1. The Bertz CT molecular complexity index is 501. The normalized spacial score (nSPS) is 18.6. The van der Waals surface area contributed by atoms with Crippen LogP contribution in [-0.2, 0) is 6.54 Å². The van der Waals surface area contributed by atoms with Crippen molar-refractivity contribution in [3.05, 3.63) is 21.7 Å². The van der Waals surface area contributed by atoms with Crippen LogP contribution in [0.15, 0.2) is 10.5 Å². The number of nitrogens with one attached hydrogen (secondary N) is 1. The van der Waals surface area contributed by atoms with Crippen molar-refractivity contribution in [1.29, 1.82) is 0 Å². The zero-order valence-electron chi connectivity index (χ0n) is 10.4. The van der Waals surface area contributed by atoms with Crippen LogP contribution in [0.4, 0.5) is 0 Å². The maximum atomic E-state index is 11.0. The summed E-state index contributed by atoms with van der Waals surface area (Å²) in [6, 6.07) is 1.80. The molecule has 0 aromatic heterocycles. The molecule has 19 heavy (non-hydrogen) atoms. The van der Waals surface area contributed by atoms with Crippen LogP contribution in [0.25, 0.3) is 0 Å². The van der Waals surface area contributed by atoms with Gasteiger partial charge in [-0.3, -0.25) is 9.69 Å². The van der Waals surface area contributed by atoms with E-state index in [1.54, 1.807) is 6.07 Å². The summed E-state index contributed by atoms with van der Waals surface area (Å²) >= 11 is 3.53. The molecular formula is C13H15BrN2O3. The standard InChI is InChI=1S/C13H15BrN2O3/c14-11-5-9(7-17)12-13(19-8-18-12)10(11)6-16-3-1-15-2-4-16/h5,7,15H,1-4,6,8H2. The van der Waals surface area contributed by atoms with Gasteiger partial charge in [0, 0.05) is 42.8 Å². The number of carbonyl (C=O) groups excluding carboxylic acids is 1. The van der Waals surface area contributed by atoms with Gasteiger partial charge >= 0.3 is 0 Å². The van der Waals surface area contributed by atoms with E-state index < -0.39 is 0 Å². The lowest BCUT2D eigenvalue weighted by Crippen LogP contribution is -2.42. The van der Waals surface area contributed by atoms with Crippen LogP contribution < -0.4 is 14.8 Å². The third-order valence-corrected chi connectivity index (χ3v) is 4.15. The molecule has 0 saturated carbocycles. The predicted octanol–water partition coefficient (Wildman–Crippen LogP) is 1.40. The molecule has 0 spiro atoms. The van der Waals surface area contributed by atoms with Gasteiger partial charge in [0.1, 0.15) is 0 Å². The van der Waals surface area contributed by atoms with Gasteiger partial charge in [-0.2, -0.15) is 0 Å². The first-order valence-corrected chi connectivity index (χ1v) is 7.08. The predicted molar refractivity (Wildman–Crippen MR) is 73.8 cm³/mol. The van der Waals surface area contributed by atoms with Crippen molar-refractivity contribution >= 4 is 22.2 Å². The molecule has 2 aliphatic heterocycles. The lowest BCUT2D eigenvalue weighted by Gasteiger charge is -2.28. The average Bonchev–Trinajstić information content (AvgIpc) is 2.92. The van der Waals surface area contributed by atoms with Crippen molar-refractivity contribution in [2.24, 2.45) is 0 Å². The van der Waals surface area contributed by atoms with Crippen molar-refractivity contribution in [2.75, 3.05) is 33.0 Å². The summed E-state index contributed by atoms with van der Waals surface area (Å²) in [7, 11) is 0. The minimum Gasteiger partial charge on any atom is -0.453 e. The zero-order chi connectivity index (χ0) is 13.2. The first kappa shape index (κ1) is 12.9. The number of halogens is 1. The number of benzene rings is 1. The fourth-order valence-electron chi connectivity index (χ4n) is 2.44. The minimum absolute atomic E-state index is 0.182. The summed E-state index contributed by atoms with van der Waals surface area (Å²) in [6.45, 7) is 5.01. The zero-order valence-corrected chi connectivity index (χ0v) is 12.0. The van der Waals surface area contributed by atoms with E-state index in [4.69, 9.17) is 9.47 Å². The molecule has 1 N–H and O–H groups in total. The van der Waals surface area contributed by atoms with Crippen LogP contribution in [-0.4, -0.2) is 44.2 Å². The largest absolute Gasteiger partial charge is 0.453 e. The Kier molecular flexibility index (Phi) is 3.72. The highest BCUT2D eigenvalue weighted by atomic mass is 79.9. The van der Waals surface area contributed by atoms with Crippen molar-refractivity contribution < 1.29 is 14.3 Å². The SMILES string of the molecule is O=Cc1cc(Br)c(CN2CCNCC2)c2c1OCO2. The molecule has 0 unspecified atom stereocenters. The molecule has 2 heterocycles. The lowest BCUT2D eigenvalue weighted by atomic mass is 10.1. The number of fused-ring (bicyclic) bond motifs is 1. The molecule has 1 aromatic carbocycles. The second-order valence-electron chi connectivity index (χ2n) is 4.63. The van der Waals surface area contributed by atoms with E-state index in [1.165, 1.54) is 0 Å². The fourth-order valence-corrected chi connectivity index (χ4v) is 2.99. The summed E-state index contributed by atoms with van der Waals surface area (Å²) in [5.74, 6) is 1.28. The van der Waals surface area contributed by atoms with Gasteiger partial charge in [0.25, 0.3) is 0 Å². The molecule has 102 valence electrons. The second kappa shape index (κ2) is 5.48. The van der Waals surface area contributed by atoms with Gasteiger partial charge in [0.05, 0.1) is 5.56 Å². The van der Waals surface area contributed by atoms with Gasteiger partial charge in [0.2, 0.25) is 6.79 Å². The molecule has 1 aromatic rings. The van der Waals surface area contributed by atoms with Crippen LogP contribution >= 0.6 is 15.9 Å². The van der Waals surface area contributed by atoms with Crippen LogP contribution in [0.3, 0.4) is 0 Å². The Morgan fingerprint density at radius 3 is 2.79 bits per heavy atom. The van der Waals surface area contributed by atoms with E-state index in [-0.39, 0.29) is 6.79 Å². The Balaban J connectivity index is 1.92. The molecule has 6 heteroatoms. The molecule has 3 rings (SSSR count). The van der Waals surface area contributed by atoms with Gasteiger partial charge < -0.3 is 14.8 Å². The molecule has 0 radical (unpaired) electrons. The van der Waals surface area contributed by atoms with Gasteiger partial charge in [-0.05, 0) is 6.07 Å². The number of rotatable bonds is 3. The van der Waals surface area contributed by atoms with E-state index in [1.807, 2.05) is 0 Å². The smallest absolute Gasteiger partial charge is 0.231 e. The van der Waals surface area contributed by atoms with Crippen molar-refractivity contribution in [1.82, 2.24) is 10.2 Å². The summed E-state index contributed by atoms with van der Waals surface area (Å²) in [6.07, 6.45) is 0.798. The first-order chi connectivity index (χ1) is 9.29. The van der Waals surface area contributed by atoms with E-state index >= 15 is 0 Å². The summed E-state index contributed by atoms with van der Waals surface area (Å²) in [5, 5.41) is 3.33. The molecular weight excluding hydrogens is 312 g/mol. The van der Waals surface area contributed by atoms with Gasteiger partial charge in [-0.25, -0.2) is 0 Å². The van der Waals surface area contributed by atoms with Crippen molar-refractivity contribution in [3.63, 3.8) is 0 Å². The van der Waals surface area contributed by atoms with Crippen molar-refractivity contribution in [3.8, 4) is 11.5 Å². The number of piperazine rings is 1. The Hall–Kier alpha value is -1.11. The summed E-state index contributed by atoms with van der Waals surface area (Å²) < 4.78 is 11.8. The monoisotopic (exact) mass is 326 g/mol. The van der Waals surface area contributed by atoms with Crippen LogP contribution in [0, 0.1) is 0 Å². The Labute approximate surface area is 120 Å². The number of hydrogen-bond acceptors (Lipinski definition) is 5. The van der Waals surface area contributed by atoms with Crippen LogP contribution in [0.2, 0.25) is 0 Å². The number of ether oxygens (including phenoxy) is 2. The highest BCUT2D eigenvalue weighted by molar-refractivity contribution is 9.10. The highest BCUT2D eigenvalue weighted by Gasteiger charge is 2.25. The maximum absolute atomic E-state index is 11.0. The fraction of sp³-hybridized carbons (Fsp3) is 0.462. The molecule has 1 fully saturated rings. The van der Waals surface area contributed by atoms with E-state index in [0.717, 1.165) is 49.0 Å². The van der Waals surface area contributed by atoms with Gasteiger partial charge in [0.15, 0.2) is 17.8 Å². The van der Waals surface area contributed by atoms with E-state index in [2.05, 4.69) is 26.1 Å². The first-order valence-electron chi connectivity index (χ1n) is 6.29. The van der Waals surface area contributed by atoms with Gasteiger partial charge in [-0.15, -0.1) is 0 Å². The molecule has 5 nitrogen and oxygen atoms in total. The Morgan fingerprint density at radius 1 is 1.32 bits per heavy atom. The molecule has 1 saturated heterocycles. The highest BCUT2D eigenvalue weighted by Crippen LogP contribution is 2.42. The molecule has 0 amide bonds. The summed E-state index contributed by atoms with van der Waals surface area (Å²) in [5.41, 5.74) is 1.59. The van der Waals surface area contributed by atoms with Gasteiger partial charge in [-0.1, -0.05) is 15.9 Å². The van der Waals surface area contributed by atoms with E-state index in [0.29, 0.717) is 17.1 Å². The van der Waals surface area contributed by atoms with Crippen molar-refractivity contribution in [2.45, 2.75) is 6.54 Å². The summed E-state index contributed by atoms with van der Waals surface area (Å²) in [4.78, 5) is 13.4. The average molecular weight is 327 g/mol. The molecule has 0 atom stereocenters. The molecule has 0 bridgehead atoms. The molecule has 2 aliphatic rings. The second-order valence-corrected chi connectivity index (χ2v) is 5.49. The third kappa shape index (κ3) is 2.48. The number of aldehydes is 1. The lowest BCUT2D eigenvalue weighted by molar-refractivity contribution is 0.111. The third-order valence-electron chi connectivity index (χ3n) is 3.44. The quantitative estimate of drug-likeness (QED) is 0.851. The maximum Gasteiger partial charge on any atom is 0.231 e. The van der Waals surface area contributed by atoms with Crippen LogP contribution in [0.1, 0.15) is 15.9 Å². The van der Waals surface area contributed by atoms with Crippen LogP contribution in [0.5, 0.6) is 11.5 Å². The molecule has 0 aliphatic carbocycles. The van der Waals surface area contributed by atoms with E-state index in [9.17, 15) is 4.79 Å². The Morgan fingerprint density at radius 2 is 2.05 bits per heavy atom. The topological polar surface area (TPSA) is 50.8 Å². The number of hydrogen-bond donors (Lipinski definition) is 1.